The zero-order chi connectivity index (χ0) is 23.8. The fraction of sp³-hybridized carbons (Fsp3) is 0.481. The average molecular weight is 438 g/mol. The van der Waals surface area contributed by atoms with Crippen molar-refractivity contribution in [2.45, 2.75) is 85.7 Å². The smallest absolute Gasteiger partial charge is 0.308 e. The summed E-state index contributed by atoms with van der Waals surface area (Å²) in [5.74, 6) is 0.943. The molecule has 1 atom stereocenters. The Morgan fingerprint density at radius 2 is 1.72 bits per heavy atom. The molecule has 0 spiro atoms. The summed E-state index contributed by atoms with van der Waals surface area (Å²) in [6, 6.07) is 7.99. The Bertz CT molecular complexity index is 1060. The van der Waals surface area contributed by atoms with Gasteiger partial charge in [0.15, 0.2) is 0 Å². The molecule has 2 aromatic carbocycles. The van der Waals surface area contributed by atoms with Crippen LogP contribution in [0, 0.1) is 20.8 Å². The molecule has 1 amide bonds. The lowest BCUT2D eigenvalue weighted by atomic mass is 9.83. The molecule has 1 heterocycles. The van der Waals surface area contributed by atoms with E-state index in [0.717, 1.165) is 40.1 Å². The Labute approximate surface area is 191 Å². The highest BCUT2D eigenvalue weighted by Crippen LogP contribution is 2.42. The van der Waals surface area contributed by atoms with Gasteiger partial charge in [-0.3, -0.25) is 9.59 Å². The van der Waals surface area contributed by atoms with E-state index in [2.05, 4.69) is 39.1 Å². The van der Waals surface area contributed by atoms with Crippen LogP contribution in [0.3, 0.4) is 0 Å². The third-order valence-corrected chi connectivity index (χ3v) is 6.15. The van der Waals surface area contributed by atoms with Gasteiger partial charge in [-0.05, 0) is 86.4 Å². The Hall–Kier alpha value is -2.82. The van der Waals surface area contributed by atoms with E-state index >= 15 is 0 Å². The Morgan fingerprint density at radius 1 is 1.06 bits per heavy atom. The number of benzene rings is 2. The van der Waals surface area contributed by atoms with Gasteiger partial charge in [-0.15, -0.1) is 0 Å². The van der Waals surface area contributed by atoms with E-state index in [4.69, 9.17) is 9.47 Å². The maximum absolute atomic E-state index is 12.9. The van der Waals surface area contributed by atoms with Crippen molar-refractivity contribution in [2.75, 3.05) is 5.32 Å². The summed E-state index contributed by atoms with van der Waals surface area (Å²) in [6.45, 7) is 15.7. The zero-order valence-electron chi connectivity index (χ0n) is 20.6. The molecule has 0 aromatic heterocycles. The van der Waals surface area contributed by atoms with Crippen molar-refractivity contribution in [1.29, 1.82) is 0 Å². The molecule has 1 aliphatic heterocycles. The topological polar surface area (TPSA) is 64.6 Å². The summed E-state index contributed by atoms with van der Waals surface area (Å²) in [5, 5.41) is 3.06. The number of aryl methyl sites for hydroxylation is 4. The quantitative estimate of drug-likeness (QED) is 0.474. The van der Waals surface area contributed by atoms with E-state index in [-0.39, 0.29) is 23.7 Å². The predicted molar refractivity (Wildman–Crippen MR) is 128 cm³/mol. The summed E-state index contributed by atoms with van der Waals surface area (Å²) in [5.41, 5.74) is 5.33. The number of esters is 1. The highest BCUT2D eigenvalue weighted by molar-refractivity contribution is 5.92. The van der Waals surface area contributed by atoms with E-state index in [9.17, 15) is 9.59 Å². The highest BCUT2D eigenvalue weighted by Gasteiger charge is 2.35. The lowest BCUT2D eigenvalue weighted by Gasteiger charge is -2.36. The van der Waals surface area contributed by atoms with Gasteiger partial charge >= 0.3 is 5.97 Å². The highest BCUT2D eigenvalue weighted by atomic mass is 16.5. The summed E-state index contributed by atoms with van der Waals surface area (Å²) in [6.07, 6.45) is 1.71. The van der Waals surface area contributed by atoms with Crippen LogP contribution >= 0.6 is 0 Å². The van der Waals surface area contributed by atoms with Crippen molar-refractivity contribution in [3.63, 3.8) is 0 Å². The van der Waals surface area contributed by atoms with E-state index in [0.29, 0.717) is 12.2 Å². The number of hydrogen-bond acceptors (Lipinski definition) is 4. The molecule has 1 unspecified atom stereocenters. The molecule has 5 heteroatoms. The zero-order valence-corrected chi connectivity index (χ0v) is 20.6. The molecule has 0 radical (unpaired) electrons. The fourth-order valence-electron chi connectivity index (χ4n) is 4.19. The van der Waals surface area contributed by atoms with Crippen molar-refractivity contribution in [2.24, 2.45) is 0 Å². The maximum Gasteiger partial charge on any atom is 0.308 e. The van der Waals surface area contributed by atoms with Crippen molar-refractivity contribution >= 4 is 17.6 Å². The third-order valence-electron chi connectivity index (χ3n) is 6.15. The molecule has 0 aliphatic carbocycles. The third kappa shape index (κ3) is 5.32. The minimum atomic E-state index is -0.608. The number of amides is 1. The molecular weight excluding hydrogens is 402 g/mol. The minimum Gasteiger partial charge on any atom is -0.487 e. The van der Waals surface area contributed by atoms with Crippen LogP contribution in [0.1, 0.15) is 75.3 Å². The monoisotopic (exact) mass is 437 g/mol. The number of rotatable bonds is 4. The Balaban J connectivity index is 1.82. The average Bonchev–Trinajstić information content (AvgIpc) is 2.64. The van der Waals surface area contributed by atoms with Gasteiger partial charge in [0.1, 0.15) is 17.1 Å². The first kappa shape index (κ1) is 23.8. The number of anilines is 1. The van der Waals surface area contributed by atoms with Gasteiger partial charge in [-0.1, -0.05) is 26.8 Å². The molecule has 0 bridgehead atoms. The second-order valence-corrected chi connectivity index (χ2v) is 10.3. The summed E-state index contributed by atoms with van der Waals surface area (Å²) < 4.78 is 11.9. The van der Waals surface area contributed by atoms with Gasteiger partial charge in [0.25, 0.3) is 0 Å². The minimum absolute atomic E-state index is 0.0603. The summed E-state index contributed by atoms with van der Waals surface area (Å²) >= 11 is 0. The van der Waals surface area contributed by atoms with Crippen LogP contribution in [0.4, 0.5) is 5.69 Å². The van der Waals surface area contributed by atoms with Crippen LogP contribution in [0.2, 0.25) is 0 Å². The van der Waals surface area contributed by atoms with Gasteiger partial charge in [-0.2, -0.15) is 0 Å². The van der Waals surface area contributed by atoms with Gasteiger partial charge in [0.2, 0.25) is 5.91 Å². The van der Waals surface area contributed by atoms with E-state index in [1.807, 2.05) is 39.0 Å². The maximum atomic E-state index is 12.9. The first-order valence-corrected chi connectivity index (χ1v) is 11.2. The summed E-state index contributed by atoms with van der Waals surface area (Å²) in [7, 11) is 0. The van der Waals surface area contributed by atoms with Crippen molar-refractivity contribution in [1.82, 2.24) is 0 Å². The van der Waals surface area contributed by atoms with Crippen LogP contribution in [0.15, 0.2) is 24.3 Å². The van der Waals surface area contributed by atoms with Crippen LogP contribution < -0.4 is 14.8 Å². The molecule has 2 aromatic rings. The first-order valence-electron chi connectivity index (χ1n) is 11.2. The number of hydrogen-bond donors (Lipinski definition) is 1. The predicted octanol–water partition coefficient (Wildman–Crippen LogP) is 5.95. The van der Waals surface area contributed by atoms with Crippen LogP contribution in [-0.4, -0.2) is 17.5 Å². The van der Waals surface area contributed by atoms with E-state index < -0.39 is 5.60 Å². The molecule has 32 heavy (non-hydrogen) atoms. The van der Waals surface area contributed by atoms with Crippen molar-refractivity contribution in [3.05, 3.63) is 52.1 Å². The summed E-state index contributed by atoms with van der Waals surface area (Å²) in [4.78, 5) is 24.5. The second kappa shape index (κ2) is 8.61. The molecule has 172 valence electrons. The molecular formula is C27H35NO4. The van der Waals surface area contributed by atoms with E-state index in [1.54, 1.807) is 0 Å². The molecule has 3 rings (SSSR count). The second-order valence-electron chi connectivity index (χ2n) is 10.3. The normalized spacial score (nSPS) is 17.9. The Morgan fingerprint density at radius 3 is 2.34 bits per heavy atom. The number of carbonyl (C=O) groups is 2. The molecule has 0 fully saturated rings. The number of nitrogens with one attached hydrogen (secondary N) is 1. The Kier molecular flexibility index (Phi) is 6.41. The van der Waals surface area contributed by atoms with Gasteiger partial charge < -0.3 is 14.8 Å². The molecule has 0 saturated carbocycles. The SMILES string of the molecule is CC(=O)Oc1cc2c(cc1C(C)(C)C)OC(C)(CC(=O)Nc1cc(C)c(C)cc1C)CC2. The molecule has 0 saturated heterocycles. The van der Waals surface area contributed by atoms with Crippen LogP contribution in [0.5, 0.6) is 11.5 Å². The number of fused-ring (bicyclic) bond motifs is 1. The fourth-order valence-corrected chi connectivity index (χ4v) is 4.19. The molecule has 5 nitrogen and oxygen atoms in total. The lowest BCUT2D eigenvalue weighted by molar-refractivity contribution is -0.132. The van der Waals surface area contributed by atoms with E-state index in [1.165, 1.54) is 12.5 Å². The van der Waals surface area contributed by atoms with Gasteiger partial charge in [0, 0.05) is 18.2 Å². The van der Waals surface area contributed by atoms with Gasteiger partial charge in [0.05, 0.1) is 6.42 Å². The molecule has 1 N–H and O–H groups in total. The van der Waals surface area contributed by atoms with Gasteiger partial charge in [-0.25, -0.2) is 0 Å². The van der Waals surface area contributed by atoms with Crippen LogP contribution in [-0.2, 0) is 21.4 Å². The van der Waals surface area contributed by atoms with Crippen LogP contribution in [0.25, 0.3) is 0 Å². The molecule has 1 aliphatic rings. The lowest BCUT2D eigenvalue weighted by Crippen LogP contribution is -2.40. The van der Waals surface area contributed by atoms with Crippen molar-refractivity contribution in [3.8, 4) is 11.5 Å². The largest absolute Gasteiger partial charge is 0.487 e. The number of carbonyl (C=O) groups excluding carboxylic acids is 2. The number of ether oxygens (including phenoxy) is 2. The standard InChI is InChI=1S/C27H35NO4/c1-16-11-18(3)22(12-17(16)2)28-25(30)15-27(8)10-9-20-13-24(31-19(4)29)21(26(5,6)7)14-23(20)32-27/h11-14H,9-10,15H2,1-8H3,(H,28,30). The first-order chi connectivity index (χ1) is 14.8. The van der Waals surface area contributed by atoms with Crippen molar-refractivity contribution < 1.29 is 19.1 Å².